The molecule has 1 aromatic carbocycles. The van der Waals surface area contributed by atoms with Crippen LogP contribution in [0, 0.1) is 0 Å². The summed E-state index contributed by atoms with van der Waals surface area (Å²) in [5.41, 5.74) is 0. The second kappa shape index (κ2) is 8.97. The summed E-state index contributed by atoms with van der Waals surface area (Å²) < 4.78 is 5.52. The van der Waals surface area contributed by atoms with Gasteiger partial charge in [-0.2, -0.15) is 0 Å². The second-order valence-corrected chi connectivity index (χ2v) is 4.77. The average Bonchev–Trinajstić information content (AvgIpc) is 2.39. The van der Waals surface area contributed by atoms with E-state index < -0.39 is 0 Å². The van der Waals surface area contributed by atoms with Gasteiger partial charge in [0, 0.05) is 18.4 Å². The minimum absolute atomic E-state index is 0.159. The van der Waals surface area contributed by atoms with E-state index in [9.17, 15) is 4.79 Å². The summed E-state index contributed by atoms with van der Waals surface area (Å²) >= 11 is 3.37. The van der Waals surface area contributed by atoms with Gasteiger partial charge in [-0.05, 0) is 18.6 Å². The van der Waals surface area contributed by atoms with Crippen LogP contribution in [0.3, 0.4) is 0 Å². The number of rotatable bonds is 8. The Labute approximate surface area is 117 Å². The van der Waals surface area contributed by atoms with Crippen LogP contribution in [0.4, 0.5) is 0 Å². The molecule has 0 radical (unpaired) electrons. The van der Waals surface area contributed by atoms with E-state index in [1.807, 2.05) is 35.2 Å². The van der Waals surface area contributed by atoms with Crippen LogP contribution in [0.5, 0.6) is 5.75 Å². The highest BCUT2D eigenvalue weighted by atomic mass is 79.9. The largest absolute Gasteiger partial charge is 0.493 e. The number of carbonyl (C=O) groups is 1. The summed E-state index contributed by atoms with van der Waals surface area (Å²) in [6, 6.07) is 9.58. The van der Waals surface area contributed by atoms with Crippen molar-refractivity contribution in [3.63, 3.8) is 0 Å². The molecule has 0 saturated heterocycles. The molecule has 0 unspecified atom stereocenters. The van der Waals surface area contributed by atoms with Gasteiger partial charge in [-0.1, -0.05) is 41.1 Å². The first-order valence-electron chi connectivity index (χ1n) is 6.29. The number of amides is 1. The molecule has 0 heterocycles. The van der Waals surface area contributed by atoms with Crippen molar-refractivity contribution in [2.75, 3.05) is 25.0 Å². The zero-order valence-electron chi connectivity index (χ0n) is 10.8. The molecule has 18 heavy (non-hydrogen) atoms. The van der Waals surface area contributed by atoms with Crippen molar-refractivity contribution in [2.45, 2.75) is 19.8 Å². The Kier molecular flexibility index (Phi) is 7.49. The molecule has 0 N–H and O–H groups in total. The third-order valence-corrected chi connectivity index (χ3v) is 2.88. The van der Waals surface area contributed by atoms with E-state index in [2.05, 4.69) is 22.9 Å². The lowest BCUT2D eigenvalue weighted by Gasteiger charge is -2.21. The van der Waals surface area contributed by atoms with Gasteiger partial charge in [-0.3, -0.25) is 4.79 Å². The van der Waals surface area contributed by atoms with Gasteiger partial charge in [-0.15, -0.1) is 0 Å². The number of nitrogens with zero attached hydrogens (tertiary/aromatic N) is 1. The number of carbonyl (C=O) groups excluding carboxylic acids is 1. The normalized spacial score (nSPS) is 10.1. The molecule has 0 aliphatic heterocycles. The Morgan fingerprint density at radius 3 is 2.61 bits per heavy atom. The van der Waals surface area contributed by atoms with Crippen molar-refractivity contribution < 1.29 is 9.53 Å². The van der Waals surface area contributed by atoms with E-state index in [0.717, 1.165) is 30.6 Å². The zero-order valence-corrected chi connectivity index (χ0v) is 12.4. The van der Waals surface area contributed by atoms with Crippen molar-refractivity contribution in [2.24, 2.45) is 0 Å². The van der Waals surface area contributed by atoms with Gasteiger partial charge in [0.2, 0.25) is 5.91 Å². The molecule has 0 aliphatic rings. The van der Waals surface area contributed by atoms with Gasteiger partial charge in [0.05, 0.1) is 13.0 Å². The zero-order chi connectivity index (χ0) is 13.2. The maximum atomic E-state index is 11.9. The fraction of sp³-hybridized carbons (Fsp3) is 0.500. The molecule has 0 bridgehead atoms. The average molecular weight is 314 g/mol. The van der Waals surface area contributed by atoms with Crippen LogP contribution in [0.2, 0.25) is 0 Å². The quantitative estimate of drug-likeness (QED) is 0.690. The first-order chi connectivity index (χ1) is 8.77. The third kappa shape index (κ3) is 5.54. The summed E-state index contributed by atoms with van der Waals surface area (Å²) in [5.74, 6) is 0.972. The molecular formula is C14H20BrNO2. The van der Waals surface area contributed by atoms with Crippen molar-refractivity contribution in [1.82, 2.24) is 4.90 Å². The Balaban J connectivity index is 2.30. The van der Waals surface area contributed by atoms with Gasteiger partial charge < -0.3 is 9.64 Å². The fourth-order valence-corrected chi connectivity index (χ4v) is 2.09. The number of alkyl halides is 1. The molecule has 0 saturated carbocycles. The van der Waals surface area contributed by atoms with Crippen LogP contribution in [0.15, 0.2) is 30.3 Å². The molecule has 0 atom stereocenters. The van der Waals surface area contributed by atoms with E-state index in [1.165, 1.54) is 0 Å². The van der Waals surface area contributed by atoms with Gasteiger partial charge in [0.15, 0.2) is 0 Å². The van der Waals surface area contributed by atoms with Crippen molar-refractivity contribution in [1.29, 1.82) is 0 Å². The van der Waals surface area contributed by atoms with E-state index in [-0.39, 0.29) is 5.91 Å². The molecule has 4 heteroatoms. The van der Waals surface area contributed by atoms with Crippen molar-refractivity contribution in [3.05, 3.63) is 30.3 Å². The van der Waals surface area contributed by atoms with Crippen molar-refractivity contribution in [3.8, 4) is 5.75 Å². The summed E-state index contributed by atoms with van der Waals surface area (Å²) in [6.45, 7) is 4.09. The summed E-state index contributed by atoms with van der Waals surface area (Å²) in [5, 5.41) is 0.818. The highest BCUT2D eigenvalue weighted by Crippen LogP contribution is 2.09. The molecule has 3 nitrogen and oxygen atoms in total. The topological polar surface area (TPSA) is 29.5 Å². The van der Waals surface area contributed by atoms with Crippen molar-refractivity contribution >= 4 is 21.8 Å². The number of para-hydroxylation sites is 1. The molecular weight excluding hydrogens is 294 g/mol. The van der Waals surface area contributed by atoms with E-state index in [4.69, 9.17) is 4.74 Å². The maximum Gasteiger partial charge on any atom is 0.226 e. The highest BCUT2D eigenvalue weighted by molar-refractivity contribution is 9.09. The predicted octanol–water partition coefficient (Wildman–Crippen LogP) is 3.09. The molecule has 1 rings (SSSR count). The molecule has 100 valence electrons. The van der Waals surface area contributed by atoms with Gasteiger partial charge in [0.25, 0.3) is 0 Å². The maximum absolute atomic E-state index is 11.9. The summed E-state index contributed by atoms with van der Waals surface area (Å²) in [7, 11) is 0. The van der Waals surface area contributed by atoms with Crippen LogP contribution in [0.1, 0.15) is 19.8 Å². The molecule has 1 amide bonds. The number of hydrogen-bond acceptors (Lipinski definition) is 2. The Hall–Kier alpha value is -1.03. The third-order valence-electron chi connectivity index (χ3n) is 2.53. The first kappa shape index (κ1) is 15.0. The molecule has 1 aromatic rings. The minimum Gasteiger partial charge on any atom is -0.493 e. The monoisotopic (exact) mass is 313 g/mol. The fourth-order valence-electron chi connectivity index (χ4n) is 1.66. The number of halogens is 1. The van der Waals surface area contributed by atoms with Gasteiger partial charge in [0.1, 0.15) is 5.75 Å². The van der Waals surface area contributed by atoms with Crippen LogP contribution in [-0.2, 0) is 4.79 Å². The number of benzene rings is 1. The molecule has 0 spiro atoms. The smallest absolute Gasteiger partial charge is 0.226 e. The van der Waals surface area contributed by atoms with Gasteiger partial charge in [-0.25, -0.2) is 0 Å². The number of ether oxygens (including phenoxy) is 1. The second-order valence-electron chi connectivity index (χ2n) is 3.98. The summed E-state index contributed by atoms with van der Waals surface area (Å²) in [4.78, 5) is 13.8. The highest BCUT2D eigenvalue weighted by Gasteiger charge is 2.11. The molecule has 0 aliphatic carbocycles. The van der Waals surface area contributed by atoms with E-state index >= 15 is 0 Å². The van der Waals surface area contributed by atoms with Gasteiger partial charge >= 0.3 is 0 Å². The molecule has 0 fully saturated rings. The standard InChI is InChI=1S/C14H20BrNO2/c1-2-10-16(11-9-15)14(17)8-12-18-13-6-4-3-5-7-13/h3-7H,2,8-12H2,1H3. The predicted molar refractivity (Wildman–Crippen MR) is 77.2 cm³/mol. The Bertz CT molecular complexity index is 337. The lowest BCUT2D eigenvalue weighted by Crippen LogP contribution is -2.34. The van der Waals surface area contributed by atoms with Crippen LogP contribution >= 0.6 is 15.9 Å². The van der Waals surface area contributed by atoms with Crippen LogP contribution in [-0.4, -0.2) is 35.8 Å². The summed E-state index contributed by atoms with van der Waals surface area (Å²) in [6.07, 6.45) is 1.42. The first-order valence-corrected chi connectivity index (χ1v) is 7.41. The Morgan fingerprint density at radius 2 is 2.00 bits per heavy atom. The van der Waals surface area contributed by atoms with Crippen LogP contribution in [0.25, 0.3) is 0 Å². The number of hydrogen-bond donors (Lipinski definition) is 0. The van der Waals surface area contributed by atoms with E-state index in [1.54, 1.807) is 0 Å². The SMILES string of the molecule is CCCN(CCBr)C(=O)CCOc1ccccc1. The van der Waals surface area contributed by atoms with E-state index in [0.29, 0.717) is 13.0 Å². The Morgan fingerprint density at radius 1 is 1.28 bits per heavy atom. The molecule has 0 aromatic heterocycles. The minimum atomic E-state index is 0.159. The lowest BCUT2D eigenvalue weighted by atomic mass is 10.3. The lowest BCUT2D eigenvalue weighted by molar-refractivity contribution is -0.131. The van der Waals surface area contributed by atoms with Crippen LogP contribution < -0.4 is 4.74 Å².